The van der Waals surface area contributed by atoms with Crippen LogP contribution >= 0.6 is 0 Å². The molecule has 286 valence electrons. The van der Waals surface area contributed by atoms with Crippen molar-refractivity contribution < 1.29 is 41.3 Å². The molecule has 4 N–H and O–H groups in total. The predicted molar refractivity (Wildman–Crippen MR) is 204 cm³/mol. The highest BCUT2D eigenvalue weighted by molar-refractivity contribution is 7.85. The molecule has 0 bridgehead atoms. The maximum absolute atomic E-state index is 13.1. The van der Waals surface area contributed by atoms with Crippen molar-refractivity contribution in [1.29, 1.82) is 0 Å². The maximum Gasteiger partial charge on any atom is 0.303 e. The summed E-state index contributed by atoms with van der Waals surface area (Å²) in [5, 5.41) is 13.2. The molecule has 3 rings (SSSR count). The molecule has 15 heteroatoms. The molecule has 0 aliphatic carbocycles. The highest BCUT2D eigenvalue weighted by atomic mass is 32.2. The first-order chi connectivity index (χ1) is 24.3. The largest absolute Gasteiger partial charge is 0.481 e. The van der Waals surface area contributed by atoms with Gasteiger partial charge in [0.25, 0.3) is 16.0 Å². The van der Waals surface area contributed by atoms with Crippen LogP contribution in [0, 0.1) is 5.41 Å². The van der Waals surface area contributed by atoms with Gasteiger partial charge < -0.3 is 19.9 Å². The molecule has 1 amide bonds. The third kappa shape index (κ3) is 10.8. The van der Waals surface area contributed by atoms with Gasteiger partial charge >= 0.3 is 5.97 Å². The number of nitrogens with one attached hydrogen (secondary N) is 1. The first kappa shape index (κ1) is 42.5. The number of amides is 1. The number of allylic oxidation sites excluding steroid dienone is 6. The molecule has 0 aromatic heterocycles. The minimum absolute atomic E-state index is 0.102. The fraction of sp³-hybridized carbons (Fsp3) is 0.486. The van der Waals surface area contributed by atoms with Gasteiger partial charge in [-0.05, 0) is 73.7 Å². The first-order valence-corrected chi connectivity index (χ1v) is 19.8. The van der Waals surface area contributed by atoms with Crippen LogP contribution in [-0.4, -0.2) is 88.5 Å². The second kappa shape index (κ2) is 18.2. The number of fused-ring (bicyclic) bond motifs is 1. The summed E-state index contributed by atoms with van der Waals surface area (Å²) in [4.78, 5) is 36.1. The number of hydrogen-bond acceptors (Lipinski definition) is 9. The van der Waals surface area contributed by atoms with Crippen LogP contribution in [0.5, 0.6) is 0 Å². The van der Waals surface area contributed by atoms with Crippen LogP contribution in [0.1, 0.15) is 72.3 Å². The normalized spacial score (nSPS) is 20.6. The van der Waals surface area contributed by atoms with E-state index >= 15 is 0 Å². The summed E-state index contributed by atoms with van der Waals surface area (Å²) >= 11 is -1.89. The minimum atomic E-state index is -4.40. The highest BCUT2D eigenvalue weighted by Crippen LogP contribution is 2.48. The van der Waals surface area contributed by atoms with Crippen LogP contribution in [0.4, 0.5) is 5.69 Å². The Bertz CT molecular complexity index is 1810. The molecular weight excluding hydrogens is 709 g/mol. The van der Waals surface area contributed by atoms with E-state index in [0.717, 1.165) is 46.1 Å². The Balaban J connectivity index is 1.86. The van der Waals surface area contributed by atoms with Gasteiger partial charge in [-0.3, -0.25) is 24.0 Å². The number of nitrogens with zero attached hydrogens (tertiary/aromatic N) is 3. The quantitative estimate of drug-likeness (QED) is 0.0366. The number of benzene rings is 1. The van der Waals surface area contributed by atoms with E-state index in [9.17, 15) is 26.8 Å². The molecule has 1 aromatic carbocycles. The second-order valence-electron chi connectivity index (χ2n) is 13.8. The second-order valence-corrected chi connectivity index (χ2v) is 16.2. The lowest BCUT2D eigenvalue weighted by Crippen LogP contribution is -2.29. The zero-order chi connectivity index (χ0) is 38.9. The van der Waals surface area contributed by atoms with Gasteiger partial charge in [0.05, 0.1) is 29.4 Å². The molecule has 2 aliphatic rings. The molecule has 2 atom stereocenters. The summed E-state index contributed by atoms with van der Waals surface area (Å²) < 4.78 is 53.6. The van der Waals surface area contributed by atoms with Gasteiger partial charge in [0.1, 0.15) is 0 Å². The molecule has 0 saturated carbocycles. The van der Waals surface area contributed by atoms with Crippen LogP contribution in [0.25, 0.3) is 0 Å². The third-order valence-corrected chi connectivity index (χ3v) is 10.8. The fourth-order valence-electron chi connectivity index (χ4n) is 6.38. The Morgan fingerprint density at radius 2 is 1.81 bits per heavy atom. The number of aliphatic carboxylic acids is 1. The van der Waals surface area contributed by atoms with Gasteiger partial charge in [0, 0.05) is 60.7 Å². The van der Waals surface area contributed by atoms with E-state index < -0.39 is 38.0 Å². The number of carboxylic acid groups (broad SMARTS) is 1. The van der Waals surface area contributed by atoms with E-state index in [1.807, 2.05) is 71.1 Å². The SMILES string of the molecule is CON(C)C(=O)C(=CNCCCS(=O)O)C=C1C(C)N=C(C=CC=CC=C2N(CCCCCC(=O)O)c3ccc(S(=O)(=O)O)cc3C2(C)C)C1(C)C. The van der Waals surface area contributed by atoms with E-state index in [-0.39, 0.29) is 29.0 Å². The van der Waals surface area contributed by atoms with E-state index in [1.54, 1.807) is 12.3 Å². The summed E-state index contributed by atoms with van der Waals surface area (Å²) in [6, 6.07) is 4.39. The highest BCUT2D eigenvalue weighted by Gasteiger charge is 2.40. The molecule has 2 heterocycles. The number of carbonyl (C=O) groups is 2. The molecular formula is C37H52N4O9S2. The summed E-state index contributed by atoms with van der Waals surface area (Å²) in [5.41, 5.74) is 3.52. The van der Waals surface area contributed by atoms with Crippen molar-refractivity contribution in [1.82, 2.24) is 10.4 Å². The Morgan fingerprint density at radius 1 is 1.10 bits per heavy atom. The smallest absolute Gasteiger partial charge is 0.303 e. The molecule has 1 aromatic rings. The van der Waals surface area contributed by atoms with Crippen molar-refractivity contribution in [3.05, 3.63) is 83.3 Å². The number of carboxylic acids is 1. The average Bonchev–Trinajstić information content (AvgIpc) is 3.41. The van der Waals surface area contributed by atoms with E-state index in [0.29, 0.717) is 31.5 Å². The number of rotatable bonds is 18. The van der Waals surface area contributed by atoms with Crippen LogP contribution in [-0.2, 0) is 41.0 Å². The van der Waals surface area contributed by atoms with E-state index in [1.165, 1.54) is 26.3 Å². The fourth-order valence-corrected chi connectivity index (χ4v) is 7.27. The van der Waals surface area contributed by atoms with Gasteiger partial charge in [0.2, 0.25) is 0 Å². The zero-order valence-electron chi connectivity index (χ0n) is 31.0. The number of aliphatic imine (C=N–C) groups is 1. The molecule has 0 spiro atoms. The molecule has 2 unspecified atom stereocenters. The third-order valence-electron chi connectivity index (χ3n) is 9.32. The van der Waals surface area contributed by atoms with Gasteiger partial charge in [-0.25, -0.2) is 9.27 Å². The van der Waals surface area contributed by atoms with Crippen LogP contribution in [0.2, 0.25) is 0 Å². The van der Waals surface area contributed by atoms with E-state index in [4.69, 9.17) is 19.5 Å². The van der Waals surface area contributed by atoms with Crippen molar-refractivity contribution in [2.45, 2.75) is 83.1 Å². The van der Waals surface area contributed by atoms with Crippen LogP contribution < -0.4 is 10.2 Å². The number of likely N-dealkylation sites (N-methyl/N-ethyl adjacent to an activating group) is 1. The van der Waals surface area contributed by atoms with Crippen molar-refractivity contribution in [2.75, 3.05) is 37.9 Å². The van der Waals surface area contributed by atoms with Crippen LogP contribution in [0.15, 0.2) is 87.6 Å². The average molecular weight is 761 g/mol. The first-order valence-electron chi connectivity index (χ1n) is 17.1. The van der Waals surface area contributed by atoms with E-state index in [2.05, 4.69) is 10.2 Å². The number of carbonyl (C=O) groups excluding carboxylic acids is 1. The summed E-state index contributed by atoms with van der Waals surface area (Å²) in [7, 11) is -1.48. The maximum atomic E-state index is 13.1. The van der Waals surface area contributed by atoms with Crippen molar-refractivity contribution in [3.63, 3.8) is 0 Å². The lowest BCUT2D eigenvalue weighted by Gasteiger charge is -2.27. The predicted octanol–water partition coefficient (Wildman–Crippen LogP) is 5.57. The van der Waals surface area contributed by atoms with Crippen molar-refractivity contribution in [2.24, 2.45) is 10.4 Å². The van der Waals surface area contributed by atoms with Gasteiger partial charge in [0.15, 0.2) is 11.1 Å². The molecule has 0 saturated heterocycles. The monoisotopic (exact) mass is 760 g/mol. The van der Waals surface area contributed by atoms with Gasteiger partial charge in [-0.15, -0.1) is 0 Å². The Kier molecular flexibility index (Phi) is 14.9. The Labute approximate surface area is 309 Å². The Morgan fingerprint density at radius 3 is 2.44 bits per heavy atom. The van der Waals surface area contributed by atoms with Crippen molar-refractivity contribution >= 4 is 44.5 Å². The summed E-state index contributed by atoms with van der Waals surface area (Å²) in [6.07, 6.45) is 15.6. The zero-order valence-corrected chi connectivity index (χ0v) is 32.6. The standard InChI is InChI=1S/C37H52N4O9S2/c1-26-29(23-27(35(44)40(6)50-7)25-38-20-14-22-51(45)46)36(2,3)32(39-26)15-10-8-11-16-33-37(4,5)30-24-28(52(47,48)49)18-19-31(30)41(33)21-13-9-12-17-34(42)43/h8,10-11,15-16,18-19,23-26,38H,9,12-14,17,20-22H2,1-7H3,(H,42,43)(H,45,46)(H,47,48,49). The summed E-state index contributed by atoms with van der Waals surface area (Å²) in [5.74, 6) is -1.07. The molecule has 52 heavy (non-hydrogen) atoms. The number of anilines is 1. The molecule has 0 radical (unpaired) electrons. The molecule has 13 nitrogen and oxygen atoms in total. The Hall–Kier alpha value is -3.89. The van der Waals surface area contributed by atoms with Crippen LogP contribution in [0.3, 0.4) is 0 Å². The topological polar surface area (TPSA) is 186 Å². The molecule has 2 aliphatic heterocycles. The molecule has 0 fully saturated rings. The number of hydrogen-bond donors (Lipinski definition) is 4. The minimum Gasteiger partial charge on any atom is -0.481 e. The van der Waals surface area contributed by atoms with Gasteiger partial charge in [-0.2, -0.15) is 8.42 Å². The van der Waals surface area contributed by atoms with Gasteiger partial charge in [-0.1, -0.05) is 52.3 Å². The lowest BCUT2D eigenvalue weighted by molar-refractivity contribution is -0.163. The summed E-state index contributed by atoms with van der Waals surface area (Å²) in [6.45, 7) is 11.0. The number of hydroxylamine groups is 2. The number of unbranched alkanes of at least 4 members (excludes halogenated alkanes) is 2. The lowest BCUT2D eigenvalue weighted by atomic mass is 9.78. The van der Waals surface area contributed by atoms with Crippen molar-refractivity contribution in [3.8, 4) is 0 Å².